The number of halogens is 2. The van der Waals surface area contributed by atoms with Gasteiger partial charge in [-0.05, 0) is 25.0 Å². The van der Waals surface area contributed by atoms with Gasteiger partial charge < -0.3 is 4.57 Å². The molecule has 92 valence electrons. The van der Waals surface area contributed by atoms with Crippen LogP contribution in [0.3, 0.4) is 0 Å². The van der Waals surface area contributed by atoms with Gasteiger partial charge in [0.25, 0.3) is 0 Å². The first kappa shape index (κ1) is 11.5. The molecule has 3 rings (SSSR count). The van der Waals surface area contributed by atoms with E-state index in [4.69, 9.17) is 11.6 Å². The van der Waals surface area contributed by atoms with Crippen LogP contribution < -0.4 is 5.43 Å². The summed E-state index contributed by atoms with van der Waals surface area (Å²) in [5, 5.41) is 0.406. The van der Waals surface area contributed by atoms with E-state index < -0.39 is 5.82 Å². The summed E-state index contributed by atoms with van der Waals surface area (Å²) < 4.78 is 15.5. The van der Waals surface area contributed by atoms with Crippen LogP contribution >= 0.6 is 11.6 Å². The molecule has 1 aliphatic rings. The SMILES string of the molecule is C=Cc1cn(C2CC2)c2cc(Cl)c(F)cc2c1=O. The van der Waals surface area contributed by atoms with E-state index >= 15 is 0 Å². The van der Waals surface area contributed by atoms with E-state index in [1.165, 1.54) is 18.2 Å². The molecular weight excluding hydrogens is 253 g/mol. The minimum Gasteiger partial charge on any atom is -0.344 e. The van der Waals surface area contributed by atoms with Crippen LogP contribution in [0, 0.1) is 5.82 Å². The van der Waals surface area contributed by atoms with Crippen LogP contribution in [0.4, 0.5) is 4.39 Å². The van der Waals surface area contributed by atoms with E-state index in [-0.39, 0.29) is 10.5 Å². The Hall–Kier alpha value is -1.61. The molecule has 4 heteroatoms. The Morgan fingerprint density at radius 2 is 2.17 bits per heavy atom. The van der Waals surface area contributed by atoms with Crippen molar-refractivity contribution in [1.82, 2.24) is 4.57 Å². The van der Waals surface area contributed by atoms with Gasteiger partial charge in [0.15, 0.2) is 5.43 Å². The van der Waals surface area contributed by atoms with Crippen molar-refractivity contribution in [2.24, 2.45) is 0 Å². The minimum atomic E-state index is -0.565. The molecule has 1 aliphatic carbocycles. The highest BCUT2D eigenvalue weighted by atomic mass is 35.5. The molecule has 0 N–H and O–H groups in total. The zero-order valence-electron chi connectivity index (χ0n) is 9.62. The monoisotopic (exact) mass is 263 g/mol. The van der Waals surface area contributed by atoms with Gasteiger partial charge in [0.2, 0.25) is 0 Å². The maximum atomic E-state index is 13.5. The smallest absolute Gasteiger partial charge is 0.196 e. The first-order valence-corrected chi connectivity index (χ1v) is 6.16. The molecule has 0 amide bonds. The normalized spacial score (nSPS) is 15.0. The van der Waals surface area contributed by atoms with E-state index in [2.05, 4.69) is 6.58 Å². The number of aromatic nitrogens is 1. The molecule has 0 aliphatic heterocycles. The average Bonchev–Trinajstić information content (AvgIpc) is 3.17. The predicted octanol–water partition coefficient (Wildman–Crippen LogP) is 3.77. The molecule has 0 bridgehead atoms. The second-order valence-electron chi connectivity index (χ2n) is 4.54. The number of pyridine rings is 1. The summed E-state index contributed by atoms with van der Waals surface area (Å²) in [6, 6.07) is 3.12. The summed E-state index contributed by atoms with van der Waals surface area (Å²) in [7, 11) is 0. The highest BCUT2D eigenvalue weighted by Crippen LogP contribution is 2.37. The lowest BCUT2D eigenvalue weighted by atomic mass is 10.1. The molecular formula is C14H11ClFNO. The number of hydrogen-bond donors (Lipinski definition) is 0. The molecule has 0 spiro atoms. The topological polar surface area (TPSA) is 22.0 Å². The van der Waals surface area contributed by atoms with Crippen molar-refractivity contribution in [2.75, 3.05) is 0 Å². The Labute approximate surface area is 108 Å². The number of benzene rings is 1. The summed E-state index contributed by atoms with van der Waals surface area (Å²) in [5.41, 5.74) is 0.989. The van der Waals surface area contributed by atoms with E-state index in [0.29, 0.717) is 22.5 Å². The van der Waals surface area contributed by atoms with Gasteiger partial charge >= 0.3 is 0 Å². The van der Waals surface area contributed by atoms with E-state index in [1.807, 2.05) is 4.57 Å². The third-order valence-electron chi connectivity index (χ3n) is 3.26. The number of rotatable bonds is 2. The highest BCUT2D eigenvalue weighted by Gasteiger charge is 2.25. The first-order chi connectivity index (χ1) is 8.61. The van der Waals surface area contributed by atoms with Gasteiger partial charge in [-0.1, -0.05) is 24.3 Å². The van der Waals surface area contributed by atoms with Crippen molar-refractivity contribution < 1.29 is 4.39 Å². The van der Waals surface area contributed by atoms with Gasteiger partial charge in [-0.25, -0.2) is 4.39 Å². The quantitative estimate of drug-likeness (QED) is 0.808. The molecule has 0 atom stereocenters. The second kappa shape index (κ2) is 3.95. The Bertz CT molecular complexity index is 716. The van der Waals surface area contributed by atoms with Gasteiger partial charge in [0.1, 0.15) is 5.82 Å². The highest BCUT2D eigenvalue weighted by molar-refractivity contribution is 6.31. The lowest BCUT2D eigenvalue weighted by molar-refractivity contribution is 0.629. The van der Waals surface area contributed by atoms with Crippen molar-refractivity contribution in [3.8, 4) is 0 Å². The van der Waals surface area contributed by atoms with Gasteiger partial charge in [-0.3, -0.25) is 4.79 Å². The molecule has 2 aromatic rings. The molecule has 0 radical (unpaired) electrons. The fourth-order valence-corrected chi connectivity index (χ4v) is 2.32. The molecule has 1 heterocycles. The van der Waals surface area contributed by atoms with Crippen molar-refractivity contribution in [3.05, 3.63) is 51.5 Å². The molecule has 1 fully saturated rings. The van der Waals surface area contributed by atoms with Crippen molar-refractivity contribution in [1.29, 1.82) is 0 Å². The first-order valence-electron chi connectivity index (χ1n) is 5.78. The molecule has 1 aromatic carbocycles. The number of nitrogens with zero attached hydrogens (tertiary/aromatic N) is 1. The van der Waals surface area contributed by atoms with Gasteiger partial charge in [0.05, 0.1) is 10.5 Å². The maximum absolute atomic E-state index is 13.5. The van der Waals surface area contributed by atoms with E-state index in [9.17, 15) is 9.18 Å². The Balaban J connectivity index is 2.46. The maximum Gasteiger partial charge on any atom is 0.196 e. The fourth-order valence-electron chi connectivity index (χ4n) is 2.17. The molecule has 1 saturated carbocycles. The number of fused-ring (bicyclic) bond motifs is 1. The summed E-state index contributed by atoms with van der Waals surface area (Å²) >= 11 is 5.80. The predicted molar refractivity (Wildman–Crippen MR) is 71.5 cm³/mol. The van der Waals surface area contributed by atoms with Crippen molar-refractivity contribution in [2.45, 2.75) is 18.9 Å². The summed E-state index contributed by atoms with van der Waals surface area (Å²) in [5.74, 6) is -0.565. The molecule has 18 heavy (non-hydrogen) atoms. The lowest BCUT2D eigenvalue weighted by Crippen LogP contribution is -2.12. The fraction of sp³-hybridized carbons (Fsp3) is 0.214. The van der Waals surface area contributed by atoms with Crippen LogP contribution in [-0.4, -0.2) is 4.57 Å². The minimum absolute atomic E-state index is 0.0441. The molecule has 0 unspecified atom stereocenters. The zero-order valence-corrected chi connectivity index (χ0v) is 10.4. The Morgan fingerprint density at radius 3 is 2.78 bits per heavy atom. The van der Waals surface area contributed by atoms with Gasteiger partial charge in [0, 0.05) is 23.2 Å². The van der Waals surface area contributed by atoms with Crippen LogP contribution in [0.1, 0.15) is 24.4 Å². The van der Waals surface area contributed by atoms with Crippen LogP contribution in [0.15, 0.2) is 29.7 Å². The summed E-state index contributed by atoms with van der Waals surface area (Å²) in [4.78, 5) is 12.1. The van der Waals surface area contributed by atoms with Crippen LogP contribution in [0.2, 0.25) is 5.02 Å². The van der Waals surface area contributed by atoms with E-state index in [1.54, 1.807) is 6.20 Å². The lowest BCUT2D eigenvalue weighted by Gasteiger charge is -2.12. The Kier molecular flexibility index (Phi) is 2.52. The third kappa shape index (κ3) is 1.66. The van der Waals surface area contributed by atoms with E-state index in [0.717, 1.165) is 12.8 Å². The molecule has 0 saturated heterocycles. The van der Waals surface area contributed by atoms with Gasteiger partial charge in [-0.15, -0.1) is 0 Å². The molecule has 2 nitrogen and oxygen atoms in total. The molecule has 1 aromatic heterocycles. The van der Waals surface area contributed by atoms with Crippen molar-refractivity contribution in [3.63, 3.8) is 0 Å². The average molecular weight is 264 g/mol. The standard InChI is InChI=1S/C14H11ClFNO/c1-2-8-7-17(9-3-4-9)13-6-11(15)12(16)5-10(13)14(8)18/h2,5-7,9H,1,3-4H2. The second-order valence-corrected chi connectivity index (χ2v) is 4.95. The van der Waals surface area contributed by atoms with Gasteiger partial charge in [-0.2, -0.15) is 0 Å². The van der Waals surface area contributed by atoms with Crippen LogP contribution in [0.25, 0.3) is 17.0 Å². The van der Waals surface area contributed by atoms with Crippen LogP contribution in [0.5, 0.6) is 0 Å². The number of hydrogen-bond acceptors (Lipinski definition) is 1. The summed E-state index contributed by atoms with van der Waals surface area (Å²) in [6.07, 6.45) is 5.43. The third-order valence-corrected chi connectivity index (χ3v) is 3.55. The Morgan fingerprint density at radius 1 is 1.44 bits per heavy atom. The van der Waals surface area contributed by atoms with Crippen molar-refractivity contribution >= 4 is 28.6 Å². The largest absolute Gasteiger partial charge is 0.344 e. The summed E-state index contributed by atoms with van der Waals surface area (Å²) in [6.45, 7) is 3.63. The zero-order chi connectivity index (χ0) is 12.9. The van der Waals surface area contributed by atoms with Crippen LogP contribution in [-0.2, 0) is 0 Å².